The summed E-state index contributed by atoms with van der Waals surface area (Å²) in [5.74, 6) is 1.18. The van der Waals surface area contributed by atoms with E-state index in [2.05, 4.69) is 11.1 Å². The first-order chi connectivity index (χ1) is 10.3. The lowest BCUT2D eigenvalue weighted by Gasteiger charge is -2.13. The number of nitriles is 1. The average Bonchev–Trinajstić information content (AvgIpc) is 2.97. The van der Waals surface area contributed by atoms with Gasteiger partial charge in [0, 0.05) is 34.3 Å². The highest BCUT2D eigenvalue weighted by molar-refractivity contribution is 5.97. The molecule has 0 amide bonds. The van der Waals surface area contributed by atoms with Gasteiger partial charge in [-0.3, -0.25) is 0 Å². The van der Waals surface area contributed by atoms with Gasteiger partial charge in [-0.2, -0.15) is 5.26 Å². The molecule has 0 aliphatic heterocycles. The van der Waals surface area contributed by atoms with Crippen LogP contribution in [0.3, 0.4) is 0 Å². The van der Waals surface area contributed by atoms with Crippen LogP contribution >= 0.6 is 0 Å². The Balaban J connectivity index is 2.33. The molecule has 0 bridgehead atoms. The van der Waals surface area contributed by atoms with Crippen molar-refractivity contribution in [1.82, 2.24) is 4.98 Å². The summed E-state index contributed by atoms with van der Waals surface area (Å²) in [6.45, 7) is 0. The molecule has 1 N–H and O–H groups in total. The van der Waals surface area contributed by atoms with Crippen LogP contribution < -0.4 is 9.47 Å². The average molecular weight is 278 g/mol. The second kappa shape index (κ2) is 5.22. The van der Waals surface area contributed by atoms with Crippen LogP contribution in [-0.2, 0) is 0 Å². The maximum atomic E-state index is 9.20. The van der Waals surface area contributed by atoms with Crippen LogP contribution in [0.2, 0.25) is 0 Å². The minimum absolute atomic E-state index is 0.535. The van der Waals surface area contributed by atoms with Gasteiger partial charge in [0.25, 0.3) is 0 Å². The number of aromatic nitrogens is 1. The number of rotatable bonds is 3. The maximum absolute atomic E-state index is 9.20. The van der Waals surface area contributed by atoms with Crippen molar-refractivity contribution >= 4 is 10.9 Å². The van der Waals surface area contributed by atoms with Crippen molar-refractivity contribution < 1.29 is 9.47 Å². The molecular weight excluding hydrogens is 264 g/mol. The SMILES string of the molecule is COc1cc(C#N)cc(-c2c[nH]c3ccccc23)c1OC. The summed E-state index contributed by atoms with van der Waals surface area (Å²) in [7, 11) is 3.17. The number of benzene rings is 2. The molecule has 3 aromatic rings. The van der Waals surface area contributed by atoms with Gasteiger partial charge in [0.2, 0.25) is 0 Å². The zero-order chi connectivity index (χ0) is 14.8. The first-order valence-corrected chi connectivity index (χ1v) is 6.51. The van der Waals surface area contributed by atoms with Gasteiger partial charge in [-0.1, -0.05) is 18.2 Å². The second-order valence-corrected chi connectivity index (χ2v) is 4.62. The predicted octanol–water partition coefficient (Wildman–Crippen LogP) is 3.72. The molecule has 0 aliphatic rings. The van der Waals surface area contributed by atoms with Crippen LogP contribution in [-0.4, -0.2) is 19.2 Å². The van der Waals surface area contributed by atoms with Crippen LogP contribution in [0.5, 0.6) is 11.5 Å². The molecule has 0 saturated heterocycles. The van der Waals surface area contributed by atoms with Crippen LogP contribution in [0.25, 0.3) is 22.0 Å². The smallest absolute Gasteiger partial charge is 0.168 e. The number of hydrogen-bond donors (Lipinski definition) is 1. The number of nitrogens with one attached hydrogen (secondary N) is 1. The Kier molecular flexibility index (Phi) is 3.25. The fourth-order valence-corrected chi connectivity index (χ4v) is 2.52. The van der Waals surface area contributed by atoms with Crippen LogP contribution in [0.1, 0.15) is 5.56 Å². The van der Waals surface area contributed by atoms with E-state index in [1.54, 1.807) is 20.3 Å². The molecule has 21 heavy (non-hydrogen) atoms. The first-order valence-electron chi connectivity index (χ1n) is 6.51. The molecule has 0 saturated carbocycles. The quantitative estimate of drug-likeness (QED) is 0.794. The van der Waals surface area contributed by atoms with E-state index in [1.165, 1.54) is 0 Å². The Hall–Kier alpha value is -2.93. The molecule has 104 valence electrons. The Labute approximate surface area is 122 Å². The van der Waals surface area contributed by atoms with Crippen LogP contribution in [0.4, 0.5) is 0 Å². The molecule has 4 nitrogen and oxygen atoms in total. The van der Waals surface area contributed by atoms with E-state index in [4.69, 9.17) is 9.47 Å². The Bertz CT molecular complexity index is 844. The number of para-hydroxylation sites is 1. The van der Waals surface area contributed by atoms with Gasteiger partial charge >= 0.3 is 0 Å². The van der Waals surface area contributed by atoms with E-state index in [1.807, 2.05) is 36.5 Å². The van der Waals surface area contributed by atoms with Crippen molar-refractivity contribution in [2.75, 3.05) is 14.2 Å². The second-order valence-electron chi connectivity index (χ2n) is 4.62. The van der Waals surface area contributed by atoms with E-state index in [0.717, 1.165) is 22.0 Å². The fraction of sp³-hybridized carbons (Fsp3) is 0.118. The lowest BCUT2D eigenvalue weighted by molar-refractivity contribution is 0.356. The lowest BCUT2D eigenvalue weighted by Crippen LogP contribution is -1.94. The summed E-state index contributed by atoms with van der Waals surface area (Å²) in [5, 5.41) is 10.3. The molecule has 0 atom stereocenters. The molecule has 1 aromatic heterocycles. The summed E-state index contributed by atoms with van der Waals surface area (Å²) < 4.78 is 10.8. The summed E-state index contributed by atoms with van der Waals surface area (Å²) in [6, 6.07) is 13.7. The normalized spacial score (nSPS) is 10.3. The van der Waals surface area contributed by atoms with E-state index in [-0.39, 0.29) is 0 Å². The summed E-state index contributed by atoms with van der Waals surface area (Å²) >= 11 is 0. The summed E-state index contributed by atoms with van der Waals surface area (Å²) in [5.41, 5.74) is 3.40. The predicted molar refractivity (Wildman–Crippen MR) is 81.6 cm³/mol. The minimum atomic E-state index is 0.535. The van der Waals surface area contributed by atoms with E-state index in [0.29, 0.717) is 17.1 Å². The highest BCUT2D eigenvalue weighted by atomic mass is 16.5. The van der Waals surface area contributed by atoms with E-state index >= 15 is 0 Å². The van der Waals surface area contributed by atoms with Crippen LogP contribution in [0.15, 0.2) is 42.6 Å². The lowest BCUT2D eigenvalue weighted by atomic mass is 10.0. The van der Waals surface area contributed by atoms with Crippen LogP contribution in [0, 0.1) is 11.3 Å². The summed E-state index contributed by atoms with van der Waals surface area (Å²) in [4.78, 5) is 3.23. The number of H-pyrrole nitrogens is 1. The fourth-order valence-electron chi connectivity index (χ4n) is 2.52. The summed E-state index contributed by atoms with van der Waals surface area (Å²) in [6.07, 6.45) is 1.92. The molecule has 0 radical (unpaired) electrons. The minimum Gasteiger partial charge on any atom is -0.493 e. The maximum Gasteiger partial charge on any atom is 0.168 e. The van der Waals surface area contributed by atoms with Crippen molar-refractivity contribution in [2.24, 2.45) is 0 Å². The number of fused-ring (bicyclic) bond motifs is 1. The van der Waals surface area contributed by atoms with Gasteiger partial charge in [0.05, 0.1) is 25.9 Å². The number of nitrogens with zero attached hydrogens (tertiary/aromatic N) is 1. The zero-order valence-corrected chi connectivity index (χ0v) is 11.8. The highest BCUT2D eigenvalue weighted by Crippen LogP contribution is 2.41. The standard InChI is InChI=1S/C17H14N2O2/c1-20-16-8-11(9-18)7-13(17(16)21-2)14-10-19-15-6-4-3-5-12(14)15/h3-8,10,19H,1-2H3. The van der Waals surface area contributed by atoms with Crippen molar-refractivity contribution in [3.63, 3.8) is 0 Å². The molecule has 4 heteroatoms. The van der Waals surface area contributed by atoms with E-state index in [9.17, 15) is 5.26 Å². The third kappa shape index (κ3) is 2.09. The van der Waals surface area contributed by atoms with Crippen molar-refractivity contribution in [1.29, 1.82) is 5.26 Å². The number of aromatic amines is 1. The third-order valence-electron chi connectivity index (χ3n) is 3.49. The van der Waals surface area contributed by atoms with Gasteiger partial charge in [-0.25, -0.2) is 0 Å². The van der Waals surface area contributed by atoms with Gasteiger partial charge in [0.1, 0.15) is 0 Å². The zero-order valence-electron chi connectivity index (χ0n) is 11.8. The Morgan fingerprint density at radius 2 is 1.86 bits per heavy atom. The van der Waals surface area contributed by atoms with Gasteiger partial charge in [-0.05, 0) is 12.1 Å². The molecule has 0 aliphatic carbocycles. The molecule has 0 unspecified atom stereocenters. The monoisotopic (exact) mass is 278 g/mol. The largest absolute Gasteiger partial charge is 0.493 e. The third-order valence-corrected chi connectivity index (χ3v) is 3.49. The first kappa shape index (κ1) is 13.1. The van der Waals surface area contributed by atoms with Crippen molar-refractivity contribution in [3.05, 3.63) is 48.2 Å². The Morgan fingerprint density at radius 1 is 1.05 bits per heavy atom. The molecule has 2 aromatic carbocycles. The molecular formula is C17H14N2O2. The number of ether oxygens (including phenoxy) is 2. The Morgan fingerprint density at radius 3 is 2.57 bits per heavy atom. The number of methoxy groups -OCH3 is 2. The van der Waals surface area contributed by atoms with Crippen molar-refractivity contribution in [3.8, 4) is 28.7 Å². The van der Waals surface area contributed by atoms with Gasteiger partial charge < -0.3 is 14.5 Å². The van der Waals surface area contributed by atoms with Gasteiger partial charge in [0.15, 0.2) is 11.5 Å². The topological polar surface area (TPSA) is 58.0 Å². The van der Waals surface area contributed by atoms with Crippen molar-refractivity contribution in [2.45, 2.75) is 0 Å². The molecule has 1 heterocycles. The molecule has 0 spiro atoms. The van der Waals surface area contributed by atoms with E-state index < -0.39 is 0 Å². The molecule has 3 rings (SSSR count). The van der Waals surface area contributed by atoms with Gasteiger partial charge in [-0.15, -0.1) is 0 Å². The number of hydrogen-bond acceptors (Lipinski definition) is 3. The molecule has 0 fully saturated rings. The highest BCUT2D eigenvalue weighted by Gasteiger charge is 2.16.